The molecule has 100 valence electrons. The summed E-state index contributed by atoms with van der Waals surface area (Å²) in [7, 11) is 0. The second kappa shape index (κ2) is 5.16. The Balaban J connectivity index is 2.32. The number of aromatic carboxylic acids is 1. The lowest BCUT2D eigenvalue weighted by atomic mass is 10.1. The zero-order valence-electron chi connectivity index (χ0n) is 9.89. The van der Waals surface area contributed by atoms with E-state index in [1.165, 1.54) is 17.4 Å². The summed E-state index contributed by atoms with van der Waals surface area (Å²) in [5.74, 6) is -1.22. The first-order valence-electron chi connectivity index (χ1n) is 5.62. The third-order valence-electron chi connectivity index (χ3n) is 2.82. The number of nitrogens with zero attached hydrogens (tertiary/aromatic N) is 1. The van der Waals surface area contributed by atoms with Gasteiger partial charge in [0, 0.05) is 15.4 Å². The lowest BCUT2D eigenvalue weighted by Crippen LogP contribution is -2.22. The maximum Gasteiger partial charge on any atom is 0.0935 e. The monoisotopic (exact) mass is 366 g/mol. The minimum absolute atomic E-state index is 0.127. The van der Waals surface area contributed by atoms with E-state index in [9.17, 15) is 9.90 Å². The first-order chi connectivity index (χ1) is 9.54. The van der Waals surface area contributed by atoms with E-state index >= 15 is 0 Å². The zero-order valence-corrected chi connectivity index (χ0v) is 13.1. The highest BCUT2D eigenvalue weighted by Gasteiger charge is 2.10. The Labute approximate surface area is 132 Å². The number of pyridine rings is 1. The Morgan fingerprint density at radius 1 is 1.25 bits per heavy atom. The average Bonchev–Trinajstić information content (AvgIpc) is 2.83. The number of aromatic nitrogens is 1. The van der Waals surface area contributed by atoms with Crippen LogP contribution in [0.15, 0.2) is 40.9 Å². The summed E-state index contributed by atoms with van der Waals surface area (Å²) in [6, 6.07) is 10.4. The maximum atomic E-state index is 11.3. The topological polar surface area (TPSA) is 53.0 Å². The molecule has 1 aromatic carbocycles. The second-order valence-electron chi connectivity index (χ2n) is 4.11. The van der Waals surface area contributed by atoms with Gasteiger partial charge in [-0.05, 0) is 30.3 Å². The summed E-state index contributed by atoms with van der Waals surface area (Å²) in [6.45, 7) is 0. The molecule has 0 radical (unpaired) electrons. The predicted octanol–water partition coefficient (Wildman–Crippen LogP) is 3.74. The van der Waals surface area contributed by atoms with Gasteiger partial charge in [-0.1, -0.05) is 33.6 Å². The number of rotatable bonds is 2. The molecule has 3 rings (SSSR count). The number of carboxylic acids is 1. The fraction of sp³-hybridized carbons (Fsp3) is 0. The van der Waals surface area contributed by atoms with Crippen LogP contribution in [0.3, 0.4) is 0 Å². The molecular weight excluding hydrogens is 362 g/mol. The predicted molar refractivity (Wildman–Crippen MR) is 82.1 cm³/mol. The third-order valence-corrected chi connectivity index (χ3v) is 4.56. The smallest absolute Gasteiger partial charge is 0.0935 e. The average molecular weight is 368 g/mol. The molecule has 0 saturated carbocycles. The molecule has 0 aliphatic carbocycles. The van der Waals surface area contributed by atoms with Crippen LogP contribution in [0, 0.1) is 0 Å². The van der Waals surface area contributed by atoms with Crippen molar-refractivity contribution in [1.29, 1.82) is 0 Å². The molecular formula is C14H6BrClNO2S-. The van der Waals surface area contributed by atoms with Gasteiger partial charge in [0.25, 0.3) is 0 Å². The first kappa shape index (κ1) is 13.5. The van der Waals surface area contributed by atoms with Crippen LogP contribution in [0.25, 0.3) is 21.5 Å². The minimum Gasteiger partial charge on any atom is -0.545 e. The van der Waals surface area contributed by atoms with Crippen LogP contribution in [0.2, 0.25) is 4.34 Å². The summed E-state index contributed by atoms with van der Waals surface area (Å²) in [5, 5.41) is 11.9. The number of thiophene rings is 1. The van der Waals surface area contributed by atoms with Gasteiger partial charge >= 0.3 is 0 Å². The fourth-order valence-electron chi connectivity index (χ4n) is 1.95. The molecule has 3 aromatic rings. The summed E-state index contributed by atoms with van der Waals surface area (Å²) >= 11 is 10.6. The van der Waals surface area contributed by atoms with Gasteiger partial charge in [-0.3, -0.25) is 0 Å². The van der Waals surface area contributed by atoms with Crippen molar-refractivity contribution < 1.29 is 9.90 Å². The molecule has 0 bridgehead atoms. The van der Waals surface area contributed by atoms with Gasteiger partial charge in [0.2, 0.25) is 0 Å². The number of carbonyl (C=O) groups is 1. The maximum absolute atomic E-state index is 11.3. The van der Waals surface area contributed by atoms with Crippen LogP contribution in [-0.4, -0.2) is 11.0 Å². The van der Waals surface area contributed by atoms with Crippen molar-refractivity contribution in [2.75, 3.05) is 0 Å². The molecule has 0 unspecified atom stereocenters. The van der Waals surface area contributed by atoms with Gasteiger partial charge in [0.05, 0.1) is 26.4 Å². The zero-order chi connectivity index (χ0) is 14.3. The van der Waals surface area contributed by atoms with E-state index in [1.807, 2.05) is 6.07 Å². The van der Waals surface area contributed by atoms with E-state index in [2.05, 4.69) is 20.9 Å². The van der Waals surface area contributed by atoms with Crippen molar-refractivity contribution in [2.45, 2.75) is 0 Å². The molecule has 0 N–H and O–H groups in total. The Morgan fingerprint density at radius 2 is 2.05 bits per heavy atom. The number of hydrogen-bond donors (Lipinski definition) is 0. The largest absolute Gasteiger partial charge is 0.545 e. The number of benzene rings is 1. The standard InChI is InChI=1S/C14H7BrClNO2S/c15-7-1-2-8-9(14(18)19)6-11(17-10(8)5-7)12-3-4-13(16)20-12/h1-6H,(H,18,19)/p-1. The Kier molecular flexibility index (Phi) is 3.50. The van der Waals surface area contributed by atoms with E-state index in [-0.39, 0.29) is 5.56 Å². The van der Waals surface area contributed by atoms with Gasteiger partial charge < -0.3 is 9.90 Å². The van der Waals surface area contributed by atoms with E-state index in [1.54, 1.807) is 24.3 Å². The Hall–Kier alpha value is -1.43. The number of hydrogen-bond acceptors (Lipinski definition) is 4. The lowest BCUT2D eigenvalue weighted by molar-refractivity contribution is -0.254. The molecule has 2 heterocycles. The van der Waals surface area contributed by atoms with Crippen LogP contribution in [0.5, 0.6) is 0 Å². The summed E-state index contributed by atoms with van der Waals surface area (Å²) in [5.41, 5.74) is 1.30. The van der Waals surface area contributed by atoms with Crippen LogP contribution < -0.4 is 5.11 Å². The van der Waals surface area contributed by atoms with Gasteiger partial charge in [-0.15, -0.1) is 11.3 Å². The third kappa shape index (κ3) is 2.44. The number of carboxylic acid groups (broad SMARTS) is 1. The minimum atomic E-state index is -1.22. The van der Waals surface area contributed by atoms with E-state index < -0.39 is 5.97 Å². The van der Waals surface area contributed by atoms with Crippen molar-refractivity contribution >= 4 is 55.7 Å². The van der Waals surface area contributed by atoms with Crippen molar-refractivity contribution in [2.24, 2.45) is 0 Å². The van der Waals surface area contributed by atoms with Crippen LogP contribution >= 0.6 is 38.9 Å². The Morgan fingerprint density at radius 3 is 2.70 bits per heavy atom. The highest BCUT2D eigenvalue weighted by Crippen LogP contribution is 2.32. The molecule has 0 saturated heterocycles. The highest BCUT2D eigenvalue weighted by molar-refractivity contribution is 9.10. The number of halogens is 2. The van der Waals surface area contributed by atoms with Crippen molar-refractivity contribution in [3.63, 3.8) is 0 Å². The van der Waals surface area contributed by atoms with E-state index in [0.717, 1.165) is 9.35 Å². The molecule has 2 aromatic heterocycles. The van der Waals surface area contributed by atoms with Crippen molar-refractivity contribution in [3.05, 3.63) is 50.8 Å². The fourth-order valence-corrected chi connectivity index (χ4v) is 3.30. The molecule has 3 nitrogen and oxygen atoms in total. The molecule has 0 aliphatic heterocycles. The van der Waals surface area contributed by atoms with Gasteiger partial charge in [0.15, 0.2) is 0 Å². The summed E-state index contributed by atoms with van der Waals surface area (Å²) in [4.78, 5) is 16.6. The molecule has 6 heteroatoms. The van der Waals surface area contributed by atoms with Crippen LogP contribution in [0.1, 0.15) is 10.4 Å². The van der Waals surface area contributed by atoms with Crippen LogP contribution in [-0.2, 0) is 0 Å². The highest BCUT2D eigenvalue weighted by atomic mass is 79.9. The van der Waals surface area contributed by atoms with Gasteiger partial charge in [0.1, 0.15) is 0 Å². The van der Waals surface area contributed by atoms with E-state index in [0.29, 0.717) is 20.9 Å². The lowest BCUT2D eigenvalue weighted by Gasteiger charge is -2.10. The molecule has 0 spiro atoms. The Bertz CT molecular complexity index is 831. The van der Waals surface area contributed by atoms with Gasteiger partial charge in [-0.25, -0.2) is 4.98 Å². The molecule has 0 fully saturated rings. The van der Waals surface area contributed by atoms with E-state index in [4.69, 9.17) is 11.6 Å². The quantitative estimate of drug-likeness (QED) is 0.693. The second-order valence-corrected chi connectivity index (χ2v) is 6.74. The summed E-state index contributed by atoms with van der Waals surface area (Å²) in [6.07, 6.45) is 0. The summed E-state index contributed by atoms with van der Waals surface area (Å²) < 4.78 is 1.47. The van der Waals surface area contributed by atoms with Crippen LogP contribution in [0.4, 0.5) is 0 Å². The first-order valence-corrected chi connectivity index (χ1v) is 7.61. The molecule has 20 heavy (non-hydrogen) atoms. The molecule has 0 aliphatic rings. The van der Waals surface area contributed by atoms with Gasteiger partial charge in [-0.2, -0.15) is 0 Å². The van der Waals surface area contributed by atoms with Crippen molar-refractivity contribution in [3.8, 4) is 10.6 Å². The molecule has 0 amide bonds. The normalized spacial score (nSPS) is 10.9. The van der Waals surface area contributed by atoms with Crippen molar-refractivity contribution in [1.82, 2.24) is 4.98 Å². The number of fused-ring (bicyclic) bond motifs is 1. The molecule has 0 atom stereocenters. The number of carbonyl (C=O) groups excluding carboxylic acids is 1. The SMILES string of the molecule is O=C([O-])c1cc(-c2ccc(Cl)s2)nc2cc(Br)ccc12.